The zero-order chi connectivity index (χ0) is 14.9. The Labute approximate surface area is 116 Å². The maximum atomic E-state index is 12.5. The Morgan fingerprint density at radius 3 is 2.80 bits per heavy atom. The van der Waals surface area contributed by atoms with Crippen molar-refractivity contribution in [2.75, 3.05) is 6.61 Å². The first-order valence-electron chi connectivity index (χ1n) is 6.61. The molecule has 0 amide bonds. The minimum absolute atomic E-state index is 0.176. The van der Waals surface area contributed by atoms with E-state index in [0.717, 1.165) is 0 Å². The van der Waals surface area contributed by atoms with Crippen LogP contribution in [0.1, 0.15) is 36.9 Å². The van der Waals surface area contributed by atoms with E-state index in [1.807, 2.05) is 13.8 Å². The van der Waals surface area contributed by atoms with Crippen molar-refractivity contribution in [3.63, 3.8) is 0 Å². The summed E-state index contributed by atoms with van der Waals surface area (Å²) < 4.78 is 11.8. The first-order valence-corrected chi connectivity index (χ1v) is 6.61. The minimum Gasteiger partial charge on any atom is -0.462 e. The molecule has 2 aromatic heterocycles. The lowest BCUT2D eigenvalue weighted by atomic mass is 10.2. The largest absolute Gasteiger partial charge is 0.462 e. The van der Waals surface area contributed by atoms with Gasteiger partial charge in [0.1, 0.15) is 23.0 Å². The SMILES string of the molecule is CCOC(=O)c1c(C)oc2ncn(CC(C)C)c(=O)c12. The van der Waals surface area contributed by atoms with Gasteiger partial charge >= 0.3 is 5.97 Å². The second-order valence-electron chi connectivity index (χ2n) is 5.03. The van der Waals surface area contributed by atoms with Crippen molar-refractivity contribution in [1.82, 2.24) is 9.55 Å². The van der Waals surface area contributed by atoms with Gasteiger partial charge in [-0.15, -0.1) is 0 Å². The Kier molecular flexibility index (Phi) is 3.92. The Morgan fingerprint density at radius 1 is 1.50 bits per heavy atom. The Bertz CT molecular complexity index is 697. The summed E-state index contributed by atoms with van der Waals surface area (Å²) in [5.41, 5.74) is 0.0802. The van der Waals surface area contributed by atoms with Gasteiger partial charge in [-0.1, -0.05) is 13.8 Å². The summed E-state index contributed by atoms with van der Waals surface area (Å²) in [5.74, 6) is 0.0984. The van der Waals surface area contributed by atoms with E-state index in [2.05, 4.69) is 4.98 Å². The van der Waals surface area contributed by atoms with E-state index in [-0.39, 0.29) is 28.8 Å². The average Bonchev–Trinajstić information content (AvgIpc) is 2.70. The number of ether oxygens (including phenoxy) is 1. The molecule has 0 N–H and O–H groups in total. The molecule has 0 bridgehead atoms. The number of esters is 1. The number of hydrogen-bond donors (Lipinski definition) is 0. The van der Waals surface area contributed by atoms with Gasteiger partial charge in [-0.3, -0.25) is 9.36 Å². The minimum atomic E-state index is -0.551. The van der Waals surface area contributed by atoms with Crippen LogP contribution in [0, 0.1) is 12.8 Å². The average molecular weight is 278 g/mol. The van der Waals surface area contributed by atoms with Crippen LogP contribution in [0.5, 0.6) is 0 Å². The van der Waals surface area contributed by atoms with E-state index < -0.39 is 5.97 Å². The number of furan rings is 1. The first kappa shape index (κ1) is 14.3. The molecule has 6 heteroatoms. The number of hydrogen-bond acceptors (Lipinski definition) is 5. The number of aromatic nitrogens is 2. The van der Waals surface area contributed by atoms with Crippen molar-refractivity contribution < 1.29 is 13.9 Å². The predicted octanol–water partition coefficient (Wildman–Crippen LogP) is 2.13. The van der Waals surface area contributed by atoms with Crippen LogP contribution < -0.4 is 5.56 Å². The number of nitrogens with zero attached hydrogens (tertiary/aromatic N) is 2. The van der Waals surface area contributed by atoms with Crippen LogP contribution in [-0.4, -0.2) is 22.1 Å². The molecule has 0 spiro atoms. The zero-order valence-electron chi connectivity index (χ0n) is 12.1. The molecule has 0 saturated heterocycles. The van der Waals surface area contributed by atoms with Gasteiger partial charge in [0.15, 0.2) is 0 Å². The molecule has 6 nitrogen and oxygen atoms in total. The molecule has 2 rings (SSSR count). The topological polar surface area (TPSA) is 74.3 Å². The van der Waals surface area contributed by atoms with Crippen LogP contribution in [0.3, 0.4) is 0 Å². The van der Waals surface area contributed by atoms with Gasteiger partial charge in [0.2, 0.25) is 5.71 Å². The summed E-state index contributed by atoms with van der Waals surface area (Å²) in [6.45, 7) is 8.12. The van der Waals surface area contributed by atoms with Gasteiger partial charge in [-0.05, 0) is 19.8 Å². The van der Waals surface area contributed by atoms with Crippen molar-refractivity contribution in [2.45, 2.75) is 34.2 Å². The smallest absolute Gasteiger partial charge is 0.342 e. The lowest BCUT2D eigenvalue weighted by Gasteiger charge is -2.07. The van der Waals surface area contributed by atoms with Gasteiger partial charge in [0.25, 0.3) is 5.56 Å². The van der Waals surface area contributed by atoms with E-state index in [1.54, 1.807) is 13.8 Å². The molecule has 0 aliphatic heterocycles. The lowest BCUT2D eigenvalue weighted by Crippen LogP contribution is -2.23. The Balaban J connectivity index is 2.66. The fourth-order valence-electron chi connectivity index (χ4n) is 2.11. The summed E-state index contributed by atoms with van der Waals surface area (Å²) in [6, 6.07) is 0. The molecular weight excluding hydrogens is 260 g/mol. The molecule has 108 valence electrons. The lowest BCUT2D eigenvalue weighted by molar-refractivity contribution is 0.0526. The molecule has 2 heterocycles. The quantitative estimate of drug-likeness (QED) is 0.801. The second-order valence-corrected chi connectivity index (χ2v) is 5.03. The number of carbonyl (C=O) groups is 1. The van der Waals surface area contributed by atoms with Crippen LogP contribution in [0.2, 0.25) is 0 Å². The van der Waals surface area contributed by atoms with Gasteiger partial charge < -0.3 is 9.15 Å². The maximum Gasteiger partial charge on any atom is 0.342 e. The molecule has 0 aliphatic carbocycles. The summed E-state index contributed by atoms with van der Waals surface area (Å²) in [4.78, 5) is 28.5. The van der Waals surface area contributed by atoms with Gasteiger partial charge in [0, 0.05) is 6.54 Å². The fourth-order valence-corrected chi connectivity index (χ4v) is 2.11. The highest BCUT2D eigenvalue weighted by Gasteiger charge is 2.23. The summed E-state index contributed by atoms with van der Waals surface area (Å²) in [5, 5.41) is 0.198. The zero-order valence-corrected chi connectivity index (χ0v) is 12.1. The molecule has 20 heavy (non-hydrogen) atoms. The highest BCUT2D eigenvalue weighted by Crippen LogP contribution is 2.21. The van der Waals surface area contributed by atoms with Crippen molar-refractivity contribution in [3.05, 3.63) is 28.0 Å². The number of carbonyl (C=O) groups excluding carboxylic acids is 1. The third-order valence-corrected chi connectivity index (χ3v) is 2.90. The van der Waals surface area contributed by atoms with E-state index in [4.69, 9.17) is 9.15 Å². The first-order chi connectivity index (χ1) is 9.45. The van der Waals surface area contributed by atoms with E-state index in [9.17, 15) is 9.59 Å². The second kappa shape index (κ2) is 5.48. The third kappa shape index (κ3) is 2.45. The van der Waals surface area contributed by atoms with Crippen molar-refractivity contribution >= 4 is 17.1 Å². The van der Waals surface area contributed by atoms with Gasteiger partial charge in [-0.2, -0.15) is 0 Å². The molecule has 0 aromatic carbocycles. The maximum absolute atomic E-state index is 12.5. The van der Waals surface area contributed by atoms with Gasteiger partial charge in [-0.25, -0.2) is 9.78 Å². The third-order valence-electron chi connectivity index (χ3n) is 2.90. The molecule has 0 atom stereocenters. The molecule has 2 aromatic rings. The Morgan fingerprint density at radius 2 is 2.20 bits per heavy atom. The molecule has 0 saturated carbocycles. The highest BCUT2D eigenvalue weighted by molar-refractivity contribution is 6.03. The standard InChI is InChI=1S/C14H18N2O4/c1-5-19-14(18)10-9(4)20-12-11(10)13(17)16(7-15-12)6-8(2)3/h7-8H,5-6H2,1-4H3. The summed E-state index contributed by atoms with van der Waals surface area (Å²) in [7, 11) is 0. The van der Waals surface area contributed by atoms with Crippen LogP contribution >= 0.6 is 0 Å². The van der Waals surface area contributed by atoms with Crippen LogP contribution in [0.25, 0.3) is 11.1 Å². The molecule has 0 radical (unpaired) electrons. The van der Waals surface area contributed by atoms with E-state index >= 15 is 0 Å². The molecule has 0 unspecified atom stereocenters. The van der Waals surface area contributed by atoms with Crippen molar-refractivity contribution in [1.29, 1.82) is 0 Å². The van der Waals surface area contributed by atoms with E-state index in [1.165, 1.54) is 10.9 Å². The molecule has 0 fully saturated rings. The van der Waals surface area contributed by atoms with Crippen LogP contribution in [0.15, 0.2) is 15.5 Å². The normalized spacial score (nSPS) is 11.2. The Hall–Kier alpha value is -2.11. The number of fused-ring (bicyclic) bond motifs is 1. The van der Waals surface area contributed by atoms with Crippen molar-refractivity contribution in [2.24, 2.45) is 5.92 Å². The predicted molar refractivity (Wildman–Crippen MR) is 73.8 cm³/mol. The molecule has 0 aliphatic rings. The monoisotopic (exact) mass is 278 g/mol. The van der Waals surface area contributed by atoms with E-state index in [0.29, 0.717) is 18.2 Å². The highest BCUT2D eigenvalue weighted by atomic mass is 16.5. The van der Waals surface area contributed by atoms with Crippen LogP contribution in [0.4, 0.5) is 0 Å². The summed E-state index contributed by atoms with van der Waals surface area (Å²) >= 11 is 0. The fraction of sp³-hybridized carbons (Fsp3) is 0.500. The summed E-state index contributed by atoms with van der Waals surface area (Å²) in [6.07, 6.45) is 1.45. The van der Waals surface area contributed by atoms with Gasteiger partial charge in [0.05, 0.1) is 6.61 Å². The number of aryl methyl sites for hydroxylation is 1. The number of rotatable bonds is 4. The van der Waals surface area contributed by atoms with Crippen molar-refractivity contribution in [3.8, 4) is 0 Å². The van der Waals surface area contributed by atoms with Crippen LogP contribution in [-0.2, 0) is 11.3 Å². The molecular formula is C14H18N2O4.